The van der Waals surface area contributed by atoms with Gasteiger partial charge in [-0.1, -0.05) is 13.3 Å². The lowest BCUT2D eigenvalue weighted by Crippen LogP contribution is -1.95. The van der Waals surface area contributed by atoms with E-state index in [9.17, 15) is 0 Å². The number of hydrogen-bond acceptors (Lipinski definition) is 3. The van der Waals surface area contributed by atoms with Crippen LogP contribution in [0.1, 0.15) is 43.4 Å². The van der Waals surface area contributed by atoms with Gasteiger partial charge in [0.25, 0.3) is 0 Å². The second-order valence-corrected chi connectivity index (χ2v) is 4.55. The Hall–Kier alpha value is -1.58. The number of nitrogens with zero attached hydrogens (tertiary/aromatic N) is 3. The molecule has 3 rings (SSSR count). The minimum atomic E-state index is 0.580. The standard InChI is InChI=1S/C12H16N4/c1-2-3-8-6-14-12-10(13)11(9-4-5-9)15-16(12)7-8/h6-7,9H,2-5,13H2,1H3. The molecule has 0 radical (unpaired) electrons. The first-order chi connectivity index (χ1) is 7.79. The van der Waals surface area contributed by atoms with Crippen LogP contribution in [0.3, 0.4) is 0 Å². The topological polar surface area (TPSA) is 56.2 Å². The van der Waals surface area contributed by atoms with Crippen molar-refractivity contribution in [1.29, 1.82) is 0 Å². The van der Waals surface area contributed by atoms with Crippen LogP contribution in [0, 0.1) is 0 Å². The number of fused-ring (bicyclic) bond motifs is 1. The van der Waals surface area contributed by atoms with Gasteiger partial charge in [-0.25, -0.2) is 9.50 Å². The molecule has 0 aromatic carbocycles. The van der Waals surface area contributed by atoms with E-state index in [1.165, 1.54) is 18.4 Å². The molecule has 2 aromatic heterocycles. The molecule has 0 aliphatic heterocycles. The van der Waals surface area contributed by atoms with Gasteiger partial charge in [0.2, 0.25) is 0 Å². The van der Waals surface area contributed by atoms with Crippen molar-refractivity contribution in [2.24, 2.45) is 0 Å². The number of rotatable bonds is 3. The van der Waals surface area contributed by atoms with E-state index in [0.717, 1.165) is 29.9 Å². The molecule has 4 heteroatoms. The van der Waals surface area contributed by atoms with Crippen molar-refractivity contribution in [3.63, 3.8) is 0 Å². The lowest BCUT2D eigenvalue weighted by Gasteiger charge is -1.98. The van der Waals surface area contributed by atoms with E-state index in [4.69, 9.17) is 5.73 Å². The molecular weight excluding hydrogens is 200 g/mol. The second-order valence-electron chi connectivity index (χ2n) is 4.55. The quantitative estimate of drug-likeness (QED) is 0.855. The van der Waals surface area contributed by atoms with Gasteiger partial charge in [0.15, 0.2) is 5.65 Å². The summed E-state index contributed by atoms with van der Waals surface area (Å²) in [7, 11) is 0. The summed E-state index contributed by atoms with van der Waals surface area (Å²) in [6.45, 7) is 2.16. The first-order valence-electron chi connectivity index (χ1n) is 5.92. The molecule has 0 spiro atoms. The predicted octanol–water partition coefficient (Wildman–Crippen LogP) is 2.14. The zero-order chi connectivity index (χ0) is 11.1. The molecular formula is C12H16N4. The molecule has 0 saturated heterocycles. The van der Waals surface area contributed by atoms with Crippen LogP contribution >= 0.6 is 0 Å². The maximum atomic E-state index is 6.06. The van der Waals surface area contributed by atoms with Crippen LogP contribution in [0.4, 0.5) is 5.69 Å². The molecule has 0 unspecified atom stereocenters. The Balaban J connectivity index is 2.09. The highest BCUT2D eigenvalue weighted by atomic mass is 15.3. The summed E-state index contributed by atoms with van der Waals surface area (Å²) < 4.78 is 1.84. The first-order valence-corrected chi connectivity index (χ1v) is 5.92. The molecule has 84 valence electrons. The summed E-state index contributed by atoms with van der Waals surface area (Å²) >= 11 is 0. The van der Waals surface area contributed by atoms with E-state index < -0.39 is 0 Å². The summed E-state index contributed by atoms with van der Waals surface area (Å²) in [6, 6.07) is 0. The van der Waals surface area contributed by atoms with E-state index in [1.54, 1.807) is 0 Å². The van der Waals surface area contributed by atoms with Crippen molar-refractivity contribution in [2.75, 3.05) is 5.73 Å². The van der Waals surface area contributed by atoms with Crippen LogP contribution in [-0.2, 0) is 6.42 Å². The van der Waals surface area contributed by atoms with Crippen molar-refractivity contribution in [2.45, 2.75) is 38.5 Å². The number of nitrogen functional groups attached to an aromatic ring is 1. The van der Waals surface area contributed by atoms with Gasteiger partial charge in [0.1, 0.15) is 5.69 Å². The summed E-state index contributed by atoms with van der Waals surface area (Å²) in [5.74, 6) is 0.580. The Kier molecular flexibility index (Phi) is 2.09. The van der Waals surface area contributed by atoms with E-state index in [0.29, 0.717) is 5.92 Å². The molecule has 2 N–H and O–H groups in total. The Morgan fingerprint density at radius 2 is 2.31 bits per heavy atom. The SMILES string of the molecule is CCCc1cnc2c(N)c(C3CC3)nn2c1. The normalized spacial score (nSPS) is 15.8. The lowest BCUT2D eigenvalue weighted by molar-refractivity contribution is 0.843. The van der Waals surface area contributed by atoms with Crippen LogP contribution in [0.2, 0.25) is 0 Å². The van der Waals surface area contributed by atoms with Crippen molar-refractivity contribution < 1.29 is 0 Å². The van der Waals surface area contributed by atoms with Crippen molar-refractivity contribution >= 4 is 11.3 Å². The van der Waals surface area contributed by atoms with Gasteiger partial charge in [-0.15, -0.1) is 0 Å². The number of hydrogen-bond donors (Lipinski definition) is 1. The van der Waals surface area contributed by atoms with Crippen molar-refractivity contribution in [1.82, 2.24) is 14.6 Å². The predicted molar refractivity (Wildman–Crippen MR) is 63.4 cm³/mol. The summed E-state index contributed by atoms with van der Waals surface area (Å²) in [6.07, 6.45) is 8.56. The van der Waals surface area contributed by atoms with Crippen LogP contribution in [0.15, 0.2) is 12.4 Å². The maximum Gasteiger partial charge on any atom is 0.178 e. The van der Waals surface area contributed by atoms with Crippen LogP contribution in [0.25, 0.3) is 5.65 Å². The van der Waals surface area contributed by atoms with Crippen molar-refractivity contribution in [3.05, 3.63) is 23.7 Å². The van der Waals surface area contributed by atoms with E-state index >= 15 is 0 Å². The number of aryl methyl sites for hydroxylation is 1. The third-order valence-electron chi connectivity index (χ3n) is 3.09. The van der Waals surface area contributed by atoms with Crippen LogP contribution in [0.5, 0.6) is 0 Å². The molecule has 2 aromatic rings. The molecule has 1 aliphatic rings. The monoisotopic (exact) mass is 216 g/mol. The van der Waals surface area contributed by atoms with Gasteiger partial charge >= 0.3 is 0 Å². The smallest absolute Gasteiger partial charge is 0.178 e. The third kappa shape index (κ3) is 1.45. The summed E-state index contributed by atoms with van der Waals surface area (Å²) in [4.78, 5) is 4.41. The number of anilines is 1. The molecule has 0 bridgehead atoms. The van der Waals surface area contributed by atoms with Gasteiger partial charge in [-0.05, 0) is 24.8 Å². The minimum absolute atomic E-state index is 0.580. The maximum absolute atomic E-state index is 6.06. The molecule has 16 heavy (non-hydrogen) atoms. The molecule has 1 fully saturated rings. The Bertz CT molecular complexity index is 525. The average molecular weight is 216 g/mol. The lowest BCUT2D eigenvalue weighted by atomic mass is 10.2. The summed E-state index contributed by atoms with van der Waals surface area (Å²) in [5.41, 5.74) is 9.90. The third-order valence-corrected chi connectivity index (χ3v) is 3.09. The fourth-order valence-corrected chi connectivity index (χ4v) is 2.08. The fourth-order valence-electron chi connectivity index (χ4n) is 2.08. The number of aromatic nitrogens is 3. The molecule has 2 heterocycles. The van der Waals surface area contributed by atoms with E-state index in [2.05, 4.69) is 17.0 Å². The van der Waals surface area contributed by atoms with Gasteiger partial charge in [0, 0.05) is 18.3 Å². The Labute approximate surface area is 94.5 Å². The first kappa shape index (κ1) is 9.63. The van der Waals surface area contributed by atoms with E-state index in [-0.39, 0.29) is 0 Å². The minimum Gasteiger partial charge on any atom is -0.394 e. The highest BCUT2D eigenvalue weighted by molar-refractivity contribution is 5.68. The fraction of sp³-hybridized carbons (Fsp3) is 0.500. The zero-order valence-electron chi connectivity index (χ0n) is 9.48. The average Bonchev–Trinajstić information content (AvgIpc) is 3.06. The second kappa shape index (κ2) is 3.47. The number of nitrogens with two attached hydrogens (primary N) is 1. The molecule has 1 saturated carbocycles. The van der Waals surface area contributed by atoms with Gasteiger partial charge in [0.05, 0.1) is 5.69 Å². The Morgan fingerprint density at radius 1 is 1.50 bits per heavy atom. The molecule has 4 nitrogen and oxygen atoms in total. The van der Waals surface area contributed by atoms with E-state index in [1.807, 2.05) is 16.9 Å². The Morgan fingerprint density at radius 3 is 3.00 bits per heavy atom. The highest BCUT2D eigenvalue weighted by Crippen LogP contribution is 2.42. The van der Waals surface area contributed by atoms with Gasteiger partial charge in [-0.2, -0.15) is 5.10 Å². The largest absolute Gasteiger partial charge is 0.394 e. The highest BCUT2D eigenvalue weighted by Gasteiger charge is 2.29. The zero-order valence-corrected chi connectivity index (χ0v) is 9.48. The molecule has 0 atom stereocenters. The molecule has 0 amide bonds. The van der Waals surface area contributed by atoms with Crippen molar-refractivity contribution in [3.8, 4) is 0 Å². The van der Waals surface area contributed by atoms with Crippen LogP contribution < -0.4 is 5.73 Å². The van der Waals surface area contributed by atoms with Crippen LogP contribution in [-0.4, -0.2) is 14.6 Å². The van der Waals surface area contributed by atoms with Gasteiger partial charge < -0.3 is 5.73 Å². The van der Waals surface area contributed by atoms with Gasteiger partial charge in [-0.3, -0.25) is 0 Å². The molecule has 1 aliphatic carbocycles. The summed E-state index contributed by atoms with van der Waals surface area (Å²) in [5, 5.41) is 4.55.